The number of rotatable bonds is 4. The number of aliphatic hydroxyl groups excluding tert-OH is 3. The van der Waals surface area contributed by atoms with Crippen molar-refractivity contribution in [2.24, 2.45) is 17.8 Å². The van der Waals surface area contributed by atoms with Gasteiger partial charge in [0, 0.05) is 23.6 Å². The fourth-order valence-corrected chi connectivity index (χ4v) is 6.15. The maximum Gasteiger partial charge on any atom is 0.255 e. The lowest BCUT2D eigenvalue weighted by molar-refractivity contribution is -0.116. The molecule has 2 fully saturated rings. The number of hydrogen-bond donors (Lipinski definition) is 4. The van der Waals surface area contributed by atoms with E-state index in [9.17, 15) is 20.1 Å². The van der Waals surface area contributed by atoms with Gasteiger partial charge in [-0.05, 0) is 49.3 Å². The van der Waals surface area contributed by atoms with Crippen molar-refractivity contribution in [3.8, 4) is 22.6 Å². The van der Waals surface area contributed by atoms with Crippen molar-refractivity contribution in [1.82, 2.24) is 4.98 Å². The summed E-state index contributed by atoms with van der Waals surface area (Å²) in [6, 6.07) is 7.19. The highest BCUT2D eigenvalue weighted by Crippen LogP contribution is 2.52. The molecule has 0 spiro atoms. The van der Waals surface area contributed by atoms with Crippen LogP contribution in [0.25, 0.3) is 11.1 Å². The van der Waals surface area contributed by atoms with Crippen molar-refractivity contribution in [2.75, 3.05) is 6.61 Å². The van der Waals surface area contributed by atoms with Crippen molar-refractivity contribution in [3.05, 3.63) is 46.4 Å². The first-order valence-corrected chi connectivity index (χ1v) is 12.1. The summed E-state index contributed by atoms with van der Waals surface area (Å²) in [6.07, 6.45) is -0.545. The van der Waals surface area contributed by atoms with Crippen LogP contribution in [0.15, 0.2) is 35.3 Å². The van der Waals surface area contributed by atoms with Crippen LogP contribution in [0.3, 0.4) is 0 Å². The number of aromatic nitrogens is 1. The molecule has 2 aliphatic heterocycles. The minimum atomic E-state index is -1.26. The van der Waals surface area contributed by atoms with Gasteiger partial charge in [-0.15, -0.1) is 0 Å². The van der Waals surface area contributed by atoms with Crippen molar-refractivity contribution < 1.29 is 29.5 Å². The predicted octanol–water partition coefficient (Wildman–Crippen LogP) is 2.41. The molecule has 34 heavy (non-hydrogen) atoms. The molecule has 1 saturated heterocycles. The third-order valence-corrected chi connectivity index (χ3v) is 7.76. The van der Waals surface area contributed by atoms with Gasteiger partial charge in [-0.1, -0.05) is 26.0 Å². The lowest BCUT2D eigenvalue weighted by atomic mass is 9.63. The van der Waals surface area contributed by atoms with Crippen LogP contribution in [0.4, 0.5) is 0 Å². The van der Waals surface area contributed by atoms with Crippen LogP contribution >= 0.6 is 0 Å². The topological polar surface area (TPSA) is 121 Å². The van der Waals surface area contributed by atoms with Crippen LogP contribution in [0.1, 0.15) is 45.1 Å². The average Bonchev–Trinajstić information content (AvgIpc) is 3.08. The molecule has 1 saturated carbocycles. The van der Waals surface area contributed by atoms with Crippen LogP contribution in [-0.2, 0) is 4.74 Å². The number of aromatic amines is 1. The molecule has 4 N–H and O–H groups in total. The minimum Gasteiger partial charge on any atom is -0.489 e. The third-order valence-electron chi connectivity index (χ3n) is 7.76. The van der Waals surface area contributed by atoms with Gasteiger partial charge in [0.25, 0.3) is 5.56 Å². The fourth-order valence-electron chi connectivity index (χ4n) is 6.15. The van der Waals surface area contributed by atoms with Crippen molar-refractivity contribution in [3.63, 3.8) is 0 Å². The van der Waals surface area contributed by atoms with Gasteiger partial charge in [-0.3, -0.25) is 4.79 Å². The van der Waals surface area contributed by atoms with Gasteiger partial charge < -0.3 is 34.5 Å². The number of H-pyrrole nitrogens is 1. The van der Waals surface area contributed by atoms with E-state index in [0.717, 1.165) is 29.5 Å². The molecule has 3 heterocycles. The molecule has 1 aromatic carbocycles. The number of aliphatic hydroxyl groups is 3. The lowest BCUT2D eigenvalue weighted by Gasteiger charge is -2.46. The van der Waals surface area contributed by atoms with E-state index < -0.39 is 31.2 Å². The predicted molar refractivity (Wildman–Crippen MR) is 125 cm³/mol. The van der Waals surface area contributed by atoms with Gasteiger partial charge in [0.15, 0.2) is 0 Å². The standard InChI is InChI=1S/C26H33NO7/c1-12-8-13(2)20-17(9-12)14(3)32-24-18(10-27-25(31)21(20)24)15-4-6-16(7-5-15)33-26-23(30)22(29)19(11-28)34-26/h4-7,10,12-14,17,19-20,22-23,26,28-30H,8-9,11H2,1-3H3,(H,27,31). The number of fused-ring (bicyclic) bond motifs is 3. The highest BCUT2D eigenvalue weighted by atomic mass is 16.7. The van der Waals surface area contributed by atoms with Crippen molar-refractivity contribution >= 4 is 0 Å². The van der Waals surface area contributed by atoms with E-state index in [2.05, 4.69) is 25.8 Å². The summed E-state index contributed by atoms with van der Waals surface area (Å²) in [7, 11) is 0. The molecule has 0 amide bonds. The van der Waals surface area contributed by atoms with Crippen LogP contribution in [0.2, 0.25) is 0 Å². The molecule has 0 radical (unpaired) electrons. The van der Waals surface area contributed by atoms with E-state index in [-0.39, 0.29) is 17.6 Å². The molecule has 8 nitrogen and oxygen atoms in total. The van der Waals surface area contributed by atoms with E-state index in [1.54, 1.807) is 18.3 Å². The van der Waals surface area contributed by atoms with Gasteiger partial charge in [-0.2, -0.15) is 0 Å². The Hall–Kier alpha value is -2.39. The highest BCUT2D eigenvalue weighted by Gasteiger charge is 2.46. The summed E-state index contributed by atoms with van der Waals surface area (Å²) >= 11 is 0. The maximum absolute atomic E-state index is 13.0. The first-order valence-electron chi connectivity index (χ1n) is 12.1. The second kappa shape index (κ2) is 9.00. The van der Waals surface area contributed by atoms with Crippen LogP contribution in [-0.4, -0.2) is 57.6 Å². The van der Waals surface area contributed by atoms with Gasteiger partial charge >= 0.3 is 0 Å². The second-order valence-electron chi connectivity index (χ2n) is 10.2. The molecule has 2 aromatic rings. The zero-order valence-corrected chi connectivity index (χ0v) is 19.7. The third kappa shape index (κ3) is 3.92. The Morgan fingerprint density at radius 3 is 2.50 bits per heavy atom. The Balaban J connectivity index is 1.43. The van der Waals surface area contributed by atoms with Gasteiger partial charge in [-0.25, -0.2) is 0 Å². The van der Waals surface area contributed by atoms with Gasteiger partial charge in [0.1, 0.15) is 29.8 Å². The quantitative estimate of drug-likeness (QED) is 0.540. The number of hydrogen-bond acceptors (Lipinski definition) is 7. The summed E-state index contributed by atoms with van der Waals surface area (Å²) in [5.41, 5.74) is 2.37. The van der Waals surface area contributed by atoms with Crippen molar-refractivity contribution in [1.29, 1.82) is 0 Å². The molecule has 5 rings (SSSR count). The Bertz CT molecular complexity index is 1080. The molecular weight excluding hydrogens is 438 g/mol. The summed E-state index contributed by atoms with van der Waals surface area (Å²) < 4.78 is 17.5. The second-order valence-corrected chi connectivity index (χ2v) is 10.2. The summed E-state index contributed by atoms with van der Waals surface area (Å²) in [4.78, 5) is 15.9. The fraction of sp³-hybridized carbons (Fsp3) is 0.577. The first-order chi connectivity index (χ1) is 16.3. The zero-order valence-electron chi connectivity index (χ0n) is 19.7. The van der Waals surface area contributed by atoms with E-state index in [1.165, 1.54) is 0 Å². The molecule has 0 bridgehead atoms. The number of ether oxygens (including phenoxy) is 3. The van der Waals surface area contributed by atoms with Crippen molar-refractivity contribution in [2.45, 2.75) is 70.2 Å². The van der Waals surface area contributed by atoms with E-state index in [4.69, 9.17) is 14.2 Å². The summed E-state index contributed by atoms with van der Waals surface area (Å²) in [5.74, 6) is 2.64. The van der Waals surface area contributed by atoms with Gasteiger partial charge in [0.05, 0.1) is 18.3 Å². The van der Waals surface area contributed by atoms with E-state index in [0.29, 0.717) is 29.3 Å². The Kier molecular flexibility index (Phi) is 6.18. The lowest BCUT2D eigenvalue weighted by Crippen LogP contribution is -2.43. The largest absolute Gasteiger partial charge is 0.489 e. The minimum absolute atomic E-state index is 0.0257. The van der Waals surface area contributed by atoms with Gasteiger partial charge in [0.2, 0.25) is 6.29 Å². The maximum atomic E-state index is 13.0. The molecule has 184 valence electrons. The van der Waals surface area contributed by atoms with E-state index >= 15 is 0 Å². The van der Waals surface area contributed by atoms with Crippen LogP contribution < -0.4 is 15.0 Å². The summed E-state index contributed by atoms with van der Waals surface area (Å²) in [5, 5.41) is 29.3. The van der Waals surface area contributed by atoms with Crippen LogP contribution in [0, 0.1) is 17.8 Å². The first kappa shape index (κ1) is 23.4. The average molecular weight is 472 g/mol. The number of nitrogens with one attached hydrogen (secondary N) is 1. The smallest absolute Gasteiger partial charge is 0.255 e. The molecule has 1 aliphatic carbocycles. The normalized spacial score (nSPS) is 36.9. The molecule has 3 aliphatic rings. The monoisotopic (exact) mass is 471 g/mol. The molecular formula is C26H33NO7. The Morgan fingerprint density at radius 2 is 1.82 bits per heavy atom. The molecule has 8 heteroatoms. The SMILES string of the molecule is CC1CC(C)C2c3c(c(-c4ccc(OC5OC(CO)C(O)C5O)cc4)c[nH]c3=O)OC(C)C2C1. The van der Waals surface area contributed by atoms with E-state index in [1.807, 2.05) is 12.1 Å². The number of benzene rings is 1. The summed E-state index contributed by atoms with van der Waals surface area (Å²) in [6.45, 7) is 6.21. The molecule has 9 unspecified atom stereocenters. The zero-order chi connectivity index (χ0) is 24.1. The Labute approximate surface area is 198 Å². The number of pyridine rings is 1. The molecule has 9 atom stereocenters. The highest BCUT2D eigenvalue weighted by molar-refractivity contribution is 5.72. The molecule has 1 aromatic heterocycles. The Morgan fingerprint density at radius 1 is 1.09 bits per heavy atom. The van der Waals surface area contributed by atoms with Crippen LogP contribution in [0.5, 0.6) is 11.5 Å².